The Kier molecular flexibility index (Phi) is 3.47. The van der Waals surface area contributed by atoms with E-state index in [0.29, 0.717) is 12.1 Å². The predicted octanol–water partition coefficient (Wildman–Crippen LogP) is -0.507. The highest BCUT2D eigenvalue weighted by Crippen LogP contribution is 2.05. The summed E-state index contributed by atoms with van der Waals surface area (Å²) in [7, 11) is 0. The molecular weight excluding hydrogens is 184 g/mol. The Hall–Kier alpha value is -1.56. The third-order valence-electron chi connectivity index (χ3n) is 1.94. The topological polar surface area (TPSA) is 104 Å². The smallest absolute Gasteiger partial charge is 0.271 e. The molecule has 1 aromatic rings. The van der Waals surface area contributed by atoms with Gasteiger partial charge in [-0.2, -0.15) is 5.10 Å². The third kappa shape index (κ3) is 2.23. The van der Waals surface area contributed by atoms with Crippen molar-refractivity contribution in [1.82, 2.24) is 15.5 Å². The summed E-state index contributed by atoms with van der Waals surface area (Å²) in [5.74, 6) is -0.346. The number of nitrogen functional groups attached to an aromatic ring is 1. The van der Waals surface area contributed by atoms with E-state index in [1.54, 1.807) is 0 Å². The molecule has 6 heteroatoms. The minimum atomic E-state index is -0.346. The second-order valence-corrected chi connectivity index (χ2v) is 2.96. The number of carbonyl (C=O) groups is 1. The first-order valence-corrected chi connectivity index (χ1v) is 4.39. The van der Waals surface area contributed by atoms with Crippen LogP contribution < -0.4 is 11.1 Å². The Labute approximate surface area is 81.5 Å². The van der Waals surface area contributed by atoms with Gasteiger partial charge in [0, 0.05) is 0 Å². The molecule has 78 valence electrons. The molecule has 0 saturated carbocycles. The summed E-state index contributed by atoms with van der Waals surface area (Å²) in [5.41, 5.74) is 6.02. The molecule has 1 heterocycles. The van der Waals surface area contributed by atoms with Crippen LogP contribution in [0.5, 0.6) is 0 Å². The number of rotatable bonds is 4. The Morgan fingerprint density at radius 1 is 1.86 bits per heavy atom. The molecule has 0 aliphatic rings. The number of hydrogen-bond acceptors (Lipinski definition) is 4. The van der Waals surface area contributed by atoms with Crippen molar-refractivity contribution < 1.29 is 9.90 Å². The van der Waals surface area contributed by atoms with Crippen molar-refractivity contribution >= 4 is 11.6 Å². The maximum absolute atomic E-state index is 11.5. The minimum Gasteiger partial charge on any atom is -0.396 e. The lowest BCUT2D eigenvalue weighted by atomic mass is 10.2. The lowest BCUT2D eigenvalue weighted by Crippen LogP contribution is -2.37. The van der Waals surface area contributed by atoms with Gasteiger partial charge in [-0.25, -0.2) is 0 Å². The van der Waals surface area contributed by atoms with Crippen LogP contribution in [0.3, 0.4) is 0 Å². The van der Waals surface area contributed by atoms with Crippen molar-refractivity contribution in [3.8, 4) is 0 Å². The highest BCUT2D eigenvalue weighted by atomic mass is 16.3. The van der Waals surface area contributed by atoms with Gasteiger partial charge in [-0.1, -0.05) is 6.92 Å². The number of nitrogens with two attached hydrogens (primary N) is 1. The van der Waals surface area contributed by atoms with Crippen molar-refractivity contribution in [2.45, 2.75) is 19.4 Å². The maximum Gasteiger partial charge on any atom is 0.271 e. The molecule has 0 aliphatic heterocycles. The molecule has 1 amide bonds. The number of aliphatic hydroxyl groups excluding tert-OH is 1. The van der Waals surface area contributed by atoms with E-state index in [0.717, 1.165) is 0 Å². The van der Waals surface area contributed by atoms with Crippen LogP contribution >= 0.6 is 0 Å². The number of aromatic nitrogens is 2. The lowest BCUT2D eigenvalue weighted by Gasteiger charge is -2.12. The summed E-state index contributed by atoms with van der Waals surface area (Å²) < 4.78 is 0. The number of nitrogens with one attached hydrogen (secondary N) is 2. The molecule has 1 atom stereocenters. The van der Waals surface area contributed by atoms with Crippen LogP contribution in [-0.2, 0) is 0 Å². The molecular formula is C8H14N4O2. The fourth-order valence-corrected chi connectivity index (χ4v) is 1.01. The van der Waals surface area contributed by atoms with Crippen LogP contribution in [0.4, 0.5) is 5.69 Å². The van der Waals surface area contributed by atoms with Crippen LogP contribution in [0.1, 0.15) is 23.8 Å². The monoisotopic (exact) mass is 198 g/mol. The Morgan fingerprint density at radius 2 is 2.57 bits per heavy atom. The molecule has 0 spiro atoms. The Balaban J connectivity index is 2.63. The summed E-state index contributed by atoms with van der Waals surface area (Å²) >= 11 is 0. The van der Waals surface area contributed by atoms with Gasteiger partial charge in [0.25, 0.3) is 5.91 Å². The Morgan fingerprint density at radius 3 is 3.00 bits per heavy atom. The van der Waals surface area contributed by atoms with Crippen molar-refractivity contribution in [2.75, 3.05) is 12.3 Å². The van der Waals surface area contributed by atoms with E-state index in [2.05, 4.69) is 15.5 Å². The average molecular weight is 198 g/mol. The third-order valence-corrected chi connectivity index (χ3v) is 1.94. The number of carbonyl (C=O) groups excluding carboxylic acids is 1. The van der Waals surface area contributed by atoms with E-state index in [-0.39, 0.29) is 24.2 Å². The first-order chi connectivity index (χ1) is 6.69. The molecule has 1 rings (SSSR count). The average Bonchev–Trinajstić information content (AvgIpc) is 2.60. The predicted molar refractivity (Wildman–Crippen MR) is 51.6 cm³/mol. The van der Waals surface area contributed by atoms with E-state index < -0.39 is 0 Å². The summed E-state index contributed by atoms with van der Waals surface area (Å²) in [5, 5.41) is 17.6. The SMILES string of the molecule is CCC(CO)NC(=O)c1[nH]ncc1N. The summed E-state index contributed by atoms with van der Waals surface area (Å²) in [6.45, 7) is 1.79. The van der Waals surface area contributed by atoms with Crippen LogP contribution in [-0.4, -0.2) is 33.9 Å². The van der Waals surface area contributed by atoms with Crippen LogP contribution in [0.25, 0.3) is 0 Å². The molecule has 6 nitrogen and oxygen atoms in total. The van der Waals surface area contributed by atoms with Gasteiger partial charge >= 0.3 is 0 Å². The lowest BCUT2D eigenvalue weighted by molar-refractivity contribution is 0.0911. The number of hydrogen-bond donors (Lipinski definition) is 4. The molecule has 0 fully saturated rings. The molecule has 0 saturated heterocycles. The van der Waals surface area contributed by atoms with Crippen molar-refractivity contribution in [1.29, 1.82) is 0 Å². The molecule has 14 heavy (non-hydrogen) atoms. The zero-order chi connectivity index (χ0) is 10.6. The van der Waals surface area contributed by atoms with Gasteiger partial charge in [-0.3, -0.25) is 9.89 Å². The number of amides is 1. The van der Waals surface area contributed by atoms with E-state index in [1.165, 1.54) is 6.20 Å². The molecule has 0 aromatic carbocycles. The molecule has 5 N–H and O–H groups in total. The van der Waals surface area contributed by atoms with Crippen molar-refractivity contribution in [3.63, 3.8) is 0 Å². The normalized spacial score (nSPS) is 12.4. The number of H-pyrrole nitrogens is 1. The molecule has 0 bridgehead atoms. The quantitative estimate of drug-likeness (QED) is 0.523. The van der Waals surface area contributed by atoms with Gasteiger partial charge < -0.3 is 16.2 Å². The zero-order valence-corrected chi connectivity index (χ0v) is 7.95. The molecule has 0 radical (unpaired) electrons. The fourth-order valence-electron chi connectivity index (χ4n) is 1.01. The minimum absolute atomic E-state index is 0.0870. The van der Waals surface area contributed by atoms with Gasteiger partial charge in [0.1, 0.15) is 5.69 Å². The van der Waals surface area contributed by atoms with E-state index in [4.69, 9.17) is 10.8 Å². The van der Waals surface area contributed by atoms with Gasteiger partial charge in [-0.15, -0.1) is 0 Å². The number of anilines is 1. The molecule has 1 unspecified atom stereocenters. The van der Waals surface area contributed by atoms with E-state index in [9.17, 15) is 4.79 Å². The maximum atomic E-state index is 11.5. The highest BCUT2D eigenvalue weighted by Gasteiger charge is 2.14. The number of aliphatic hydroxyl groups is 1. The first kappa shape index (κ1) is 10.5. The summed E-state index contributed by atoms with van der Waals surface area (Å²) in [6, 6.07) is -0.245. The van der Waals surface area contributed by atoms with Gasteiger partial charge in [0.05, 0.1) is 24.5 Å². The van der Waals surface area contributed by atoms with Crippen molar-refractivity contribution in [2.24, 2.45) is 0 Å². The second kappa shape index (κ2) is 4.61. The zero-order valence-electron chi connectivity index (χ0n) is 7.95. The molecule has 0 aliphatic carbocycles. The second-order valence-electron chi connectivity index (χ2n) is 2.96. The highest BCUT2D eigenvalue weighted by molar-refractivity contribution is 5.97. The number of nitrogens with zero attached hydrogens (tertiary/aromatic N) is 1. The van der Waals surface area contributed by atoms with Crippen LogP contribution in [0.15, 0.2) is 6.20 Å². The summed E-state index contributed by atoms with van der Waals surface area (Å²) in [4.78, 5) is 11.5. The molecule has 1 aromatic heterocycles. The fraction of sp³-hybridized carbons (Fsp3) is 0.500. The van der Waals surface area contributed by atoms with Crippen LogP contribution in [0, 0.1) is 0 Å². The standard InChI is InChI=1S/C8H14N4O2/c1-2-5(4-13)11-8(14)7-6(9)3-10-12-7/h3,5,13H,2,4,9H2,1H3,(H,10,12)(H,11,14). The Bertz CT molecular complexity index is 306. The van der Waals surface area contributed by atoms with E-state index >= 15 is 0 Å². The summed E-state index contributed by atoms with van der Waals surface area (Å²) in [6.07, 6.45) is 2.03. The van der Waals surface area contributed by atoms with Gasteiger partial charge in [-0.05, 0) is 6.42 Å². The van der Waals surface area contributed by atoms with Crippen molar-refractivity contribution in [3.05, 3.63) is 11.9 Å². The largest absolute Gasteiger partial charge is 0.396 e. The van der Waals surface area contributed by atoms with E-state index in [1.807, 2.05) is 6.92 Å². The van der Waals surface area contributed by atoms with Crippen LogP contribution in [0.2, 0.25) is 0 Å². The number of aromatic amines is 1. The van der Waals surface area contributed by atoms with Gasteiger partial charge in [0.2, 0.25) is 0 Å². The first-order valence-electron chi connectivity index (χ1n) is 4.39. The van der Waals surface area contributed by atoms with Gasteiger partial charge in [0.15, 0.2) is 0 Å².